The van der Waals surface area contributed by atoms with Gasteiger partial charge >= 0.3 is 0 Å². The van der Waals surface area contributed by atoms with Crippen molar-refractivity contribution in [1.29, 1.82) is 0 Å². The van der Waals surface area contributed by atoms with Crippen molar-refractivity contribution in [2.24, 2.45) is 0 Å². The summed E-state index contributed by atoms with van der Waals surface area (Å²) in [7, 11) is 0. The number of halogens is 1. The topological polar surface area (TPSA) is 33.4 Å². The van der Waals surface area contributed by atoms with Crippen LogP contribution in [0.1, 0.15) is 26.0 Å². The quantitative estimate of drug-likeness (QED) is 0.829. The molecule has 0 aromatic carbocycles. The maximum Gasteiger partial charge on any atom is 0.149 e. The number of aliphatic hydroxyl groups is 1. The Bertz CT molecular complexity index is 240. The molecule has 1 atom stereocenters. The lowest BCUT2D eigenvalue weighted by molar-refractivity contribution is 0.0293. The number of hydrogen-bond donors (Lipinski definition) is 1. The minimum absolute atomic E-state index is 0.597. The predicted octanol–water partition coefficient (Wildman–Crippen LogP) is 2.66. The van der Waals surface area contributed by atoms with Gasteiger partial charge in [0.25, 0.3) is 0 Å². The smallest absolute Gasteiger partial charge is 0.149 e. The van der Waals surface area contributed by atoms with Gasteiger partial charge in [-0.25, -0.2) is 0 Å². The lowest BCUT2D eigenvalue weighted by Gasteiger charge is -2.18. The fourth-order valence-electron chi connectivity index (χ4n) is 0.839. The number of rotatable bonds is 2. The summed E-state index contributed by atoms with van der Waals surface area (Å²) < 4.78 is 5.95. The van der Waals surface area contributed by atoms with Gasteiger partial charge in [-0.3, -0.25) is 0 Å². The molecule has 0 fully saturated rings. The molecule has 0 amide bonds. The Morgan fingerprint density at radius 3 is 2.73 bits per heavy atom. The molecule has 2 nitrogen and oxygen atoms in total. The van der Waals surface area contributed by atoms with Crippen molar-refractivity contribution < 1.29 is 9.52 Å². The van der Waals surface area contributed by atoms with E-state index in [-0.39, 0.29) is 0 Å². The maximum absolute atomic E-state index is 9.74. The first kappa shape index (κ1) is 8.81. The van der Waals surface area contributed by atoms with Crippen LogP contribution in [0.2, 0.25) is 0 Å². The fraction of sp³-hybridized carbons (Fsp3) is 0.500. The van der Waals surface area contributed by atoms with E-state index in [0.29, 0.717) is 12.2 Å². The van der Waals surface area contributed by atoms with Crippen LogP contribution in [0.3, 0.4) is 0 Å². The first-order chi connectivity index (χ1) is 5.08. The van der Waals surface area contributed by atoms with E-state index in [9.17, 15) is 5.11 Å². The Balaban J connectivity index is 3.00. The Morgan fingerprint density at radius 2 is 2.36 bits per heavy atom. The molecule has 0 saturated carbocycles. The Hall–Kier alpha value is -0.280. The van der Waals surface area contributed by atoms with Gasteiger partial charge in [-0.2, -0.15) is 0 Å². The van der Waals surface area contributed by atoms with Crippen LogP contribution in [-0.2, 0) is 5.60 Å². The standard InChI is InChI=1S/C8H11BrO2/c1-3-8(2,10)7-6(9)4-5-11-7/h4-5,10H,3H2,1-2H3. The molecule has 1 aromatic rings. The predicted molar refractivity (Wildman–Crippen MR) is 46.3 cm³/mol. The zero-order chi connectivity index (χ0) is 8.48. The molecule has 0 saturated heterocycles. The largest absolute Gasteiger partial charge is 0.465 e. The van der Waals surface area contributed by atoms with Gasteiger partial charge in [0.15, 0.2) is 0 Å². The summed E-state index contributed by atoms with van der Waals surface area (Å²) in [5.41, 5.74) is -0.859. The molecular weight excluding hydrogens is 208 g/mol. The third-order valence-corrected chi connectivity index (χ3v) is 2.42. The molecule has 1 unspecified atom stereocenters. The highest BCUT2D eigenvalue weighted by atomic mass is 79.9. The molecule has 0 aliphatic heterocycles. The third kappa shape index (κ3) is 1.65. The third-order valence-electron chi connectivity index (χ3n) is 1.79. The van der Waals surface area contributed by atoms with Crippen LogP contribution in [0, 0.1) is 0 Å². The maximum atomic E-state index is 9.74. The summed E-state index contributed by atoms with van der Waals surface area (Å²) in [5, 5.41) is 9.74. The van der Waals surface area contributed by atoms with Gasteiger partial charge in [0.05, 0.1) is 10.7 Å². The Kier molecular flexibility index (Phi) is 2.40. The van der Waals surface area contributed by atoms with Crippen LogP contribution in [0.4, 0.5) is 0 Å². The molecular formula is C8H11BrO2. The van der Waals surface area contributed by atoms with Crippen molar-refractivity contribution in [1.82, 2.24) is 0 Å². The van der Waals surface area contributed by atoms with Gasteiger partial charge < -0.3 is 9.52 Å². The van der Waals surface area contributed by atoms with Crippen LogP contribution in [0.5, 0.6) is 0 Å². The van der Waals surface area contributed by atoms with Gasteiger partial charge in [-0.1, -0.05) is 6.92 Å². The molecule has 0 aliphatic carbocycles. The number of hydrogen-bond acceptors (Lipinski definition) is 2. The molecule has 1 rings (SSSR count). The molecule has 1 N–H and O–H groups in total. The summed E-state index contributed by atoms with van der Waals surface area (Å²) in [5.74, 6) is 0.597. The van der Waals surface area contributed by atoms with Gasteiger partial charge in [-0.15, -0.1) is 0 Å². The van der Waals surface area contributed by atoms with E-state index in [1.165, 1.54) is 0 Å². The second-order valence-electron chi connectivity index (χ2n) is 2.73. The van der Waals surface area contributed by atoms with Crippen LogP contribution in [-0.4, -0.2) is 5.11 Å². The molecule has 0 bridgehead atoms. The van der Waals surface area contributed by atoms with Crippen LogP contribution in [0.25, 0.3) is 0 Å². The molecule has 62 valence electrons. The highest BCUT2D eigenvalue weighted by molar-refractivity contribution is 9.10. The molecule has 0 spiro atoms. The molecule has 1 heterocycles. The van der Waals surface area contributed by atoms with Crippen molar-refractivity contribution in [3.63, 3.8) is 0 Å². The molecule has 3 heteroatoms. The molecule has 11 heavy (non-hydrogen) atoms. The molecule has 0 radical (unpaired) electrons. The highest BCUT2D eigenvalue weighted by Crippen LogP contribution is 2.31. The average molecular weight is 219 g/mol. The lowest BCUT2D eigenvalue weighted by Crippen LogP contribution is -2.18. The van der Waals surface area contributed by atoms with Crippen molar-refractivity contribution in [3.8, 4) is 0 Å². The van der Waals surface area contributed by atoms with E-state index in [1.54, 1.807) is 19.3 Å². The van der Waals surface area contributed by atoms with E-state index >= 15 is 0 Å². The monoisotopic (exact) mass is 218 g/mol. The zero-order valence-electron chi connectivity index (χ0n) is 6.60. The zero-order valence-corrected chi connectivity index (χ0v) is 8.18. The minimum atomic E-state index is -0.859. The Morgan fingerprint density at radius 1 is 1.73 bits per heavy atom. The first-order valence-corrected chi connectivity index (χ1v) is 4.33. The summed E-state index contributed by atoms with van der Waals surface area (Å²) in [6, 6.07) is 1.78. The molecule has 1 aromatic heterocycles. The normalized spacial score (nSPS) is 16.4. The van der Waals surface area contributed by atoms with Gasteiger partial charge in [0, 0.05) is 0 Å². The van der Waals surface area contributed by atoms with Crippen LogP contribution in [0.15, 0.2) is 21.2 Å². The van der Waals surface area contributed by atoms with E-state index in [4.69, 9.17) is 4.42 Å². The SMILES string of the molecule is CCC(C)(O)c1occc1Br. The van der Waals surface area contributed by atoms with Gasteiger partial charge in [-0.05, 0) is 35.3 Å². The van der Waals surface area contributed by atoms with Crippen molar-refractivity contribution in [3.05, 3.63) is 22.6 Å². The fourth-order valence-corrected chi connectivity index (χ4v) is 1.47. The van der Waals surface area contributed by atoms with Gasteiger partial charge in [0.2, 0.25) is 0 Å². The van der Waals surface area contributed by atoms with E-state index in [2.05, 4.69) is 15.9 Å². The molecule has 0 aliphatic rings. The number of furan rings is 1. The van der Waals surface area contributed by atoms with Crippen LogP contribution >= 0.6 is 15.9 Å². The second kappa shape index (κ2) is 2.99. The Labute approximate surface area is 74.3 Å². The van der Waals surface area contributed by atoms with Crippen molar-refractivity contribution >= 4 is 15.9 Å². The van der Waals surface area contributed by atoms with E-state index < -0.39 is 5.60 Å². The van der Waals surface area contributed by atoms with Crippen molar-refractivity contribution in [2.75, 3.05) is 0 Å². The second-order valence-corrected chi connectivity index (χ2v) is 3.58. The minimum Gasteiger partial charge on any atom is -0.465 e. The van der Waals surface area contributed by atoms with Gasteiger partial charge in [0.1, 0.15) is 11.4 Å². The summed E-state index contributed by atoms with van der Waals surface area (Å²) in [6.07, 6.45) is 2.20. The summed E-state index contributed by atoms with van der Waals surface area (Å²) in [6.45, 7) is 3.64. The van der Waals surface area contributed by atoms with E-state index in [1.807, 2.05) is 6.92 Å². The van der Waals surface area contributed by atoms with Crippen LogP contribution < -0.4 is 0 Å². The highest BCUT2D eigenvalue weighted by Gasteiger charge is 2.26. The first-order valence-electron chi connectivity index (χ1n) is 3.54. The lowest BCUT2D eigenvalue weighted by atomic mass is 10.0. The summed E-state index contributed by atoms with van der Waals surface area (Å²) >= 11 is 3.29. The average Bonchev–Trinajstić information content (AvgIpc) is 2.36. The van der Waals surface area contributed by atoms with Crippen molar-refractivity contribution in [2.45, 2.75) is 25.9 Å². The van der Waals surface area contributed by atoms with E-state index in [0.717, 1.165) is 4.47 Å². The summed E-state index contributed by atoms with van der Waals surface area (Å²) in [4.78, 5) is 0.